The summed E-state index contributed by atoms with van der Waals surface area (Å²) >= 11 is 0. The van der Waals surface area contributed by atoms with Crippen LogP contribution in [-0.2, 0) is 9.53 Å². The predicted octanol–water partition coefficient (Wildman–Crippen LogP) is 11.2. The third-order valence-electron chi connectivity index (χ3n) is 6.85. The van der Waals surface area contributed by atoms with E-state index in [9.17, 15) is 9.18 Å². The number of azo groups is 3. The fourth-order valence-electron chi connectivity index (χ4n) is 4.14. The van der Waals surface area contributed by atoms with Gasteiger partial charge in [-0.1, -0.05) is 32.8 Å². The second-order valence-electron chi connectivity index (χ2n) is 10.5. The molecule has 0 aliphatic carbocycles. The topological polar surface area (TPSA) is 113 Å². The molecule has 0 fully saturated rings. The first-order valence-corrected chi connectivity index (χ1v) is 15.4. The van der Waals surface area contributed by atoms with Crippen LogP contribution in [-0.4, -0.2) is 32.8 Å². The molecule has 0 radical (unpaired) electrons. The largest absolute Gasteiger partial charge is 0.494 e. The van der Waals surface area contributed by atoms with Crippen LogP contribution in [0.5, 0.6) is 5.75 Å². The van der Waals surface area contributed by atoms with E-state index in [1.807, 2.05) is 48.3 Å². The van der Waals surface area contributed by atoms with Gasteiger partial charge >= 0.3 is 5.97 Å². The SMILES string of the molecule is C=CC(=O)OCCN(C)c1ccc(N=Nc2ccc(N=Nc3ccc(N=Nc4ccc(OCCCCCC)cc4)cc3)c(F)c2)cc1. The quantitative estimate of drug-likeness (QED) is 0.0497. The van der Waals surface area contributed by atoms with Gasteiger partial charge in [-0.05, 0) is 91.3 Å². The van der Waals surface area contributed by atoms with Crippen LogP contribution in [0.15, 0.2) is 134 Å². The highest BCUT2D eigenvalue weighted by Gasteiger charge is 2.05. The third-order valence-corrected chi connectivity index (χ3v) is 6.85. The summed E-state index contributed by atoms with van der Waals surface area (Å²) in [5, 5.41) is 25.0. The Kier molecular flexibility index (Phi) is 13.4. The summed E-state index contributed by atoms with van der Waals surface area (Å²) in [5.74, 6) is -0.207. The predicted molar refractivity (Wildman–Crippen MR) is 182 cm³/mol. The Hall–Kier alpha value is -5.58. The normalized spacial score (nSPS) is 11.4. The maximum absolute atomic E-state index is 14.7. The number of hydrogen-bond acceptors (Lipinski definition) is 10. The van der Waals surface area contributed by atoms with E-state index < -0.39 is 11.8 Å². The first kappa shape index (κ1) is 34.3. The zero-order chi connectivity index (χ0) is 33.3. The lowest BCUT2D eigenvalue weighted by Crippen LogP contribution is -2.23. The van der Waals surface area contributed by atoms with Gasteiger partial charge < -0.3 is 14.4 Å². The molecule has 0 atom stereocenters. The Balaban J connectivity index is 1.26. The maximum atomic E-state index is 14.7. The second kappa shape index (κ2) is 18.4. The van der Waals surface area contributed by atoms with Crippen molar-refractivity contribution in [1.82, 2.24) is 0 Å². The van der Waals surface area contributed by atoms with E-state index in [1.165, 1.54) is 31.4 Å². The number of carbonyl (C=O) groups is 1. The van der Waals surface area contributed by atoms with Crippen LogP contribution in [0.3, 0.4) is 0 Å². The van der Waals surface area contributed by atoms with Crippen molar-refractivity contribution in [3.63, 3.8) is 0 Å². The minimum atomic E-state index is -0.572. The fraction of sp³-hybridized carbons (Fsp3) is 0.250. The smallest absolute Gasteiger partial charge is 0.330 e. The Labute approximate surface area is 274 Å². The lowest BCUT2D eigenvalue weighted by Gasteiger charge is -2.18. The zero-order valence-corrected chi connectivity index (χ0v) is 26.6. The molecule has 11 heteroatoms. The van der Waals surface area contributed by atoms with Crippen LogP contribution in [0.2, 0.25) is 0 Å². The molecule has 4 aromatic carbocycles. The van der Waals surface area contributed by atoms with E-state index in [4.69, 9.17) is 9.47 Å². The van der Waals surface area contributed by atoms with Gasteiger partial charge in [-0.2, -0.15) is 25.6 Å². The molecule has 10 nitrogen and oxygen atoms in total. The van der Waals surface area contributed by atoms with E-state index in [0.717, 1.165) is 23.9 Å². The average Bonchev–Trinajstić information content (AvgIpc) is 3.10. The molecule has 0 unspecified atom stereocenters. The molecular weight excluding hydrogens is 597 g/mol. The van der Waals surface area contributed by atoms with E-state index >= 15 is 0 Å². The molecule has 242 valence electrons. The van der Waals surface area contributed by atoms with Gasteiger partial charge in [-0.3, -0.25) is 0 Å². The van der Waals surface area contributed by atoms with Crippen molar-refractivity contribution in [2.45, 2.75) is 32.6 Å². The molecule has 0 N–H and O–H groups in total. The molecule has 0 spiro atoms. The van der Waals surface area contributed by atoms with E-state index in [1.54, 1.807) is 42.5 Å². The molecule has 0 saturated carbocycles. The second-order valence-corrected chi connectivity index (χ2v) is 10.5. The molecule has 4 rings (SSSR count). The van der Waals surface area contributed by atoms with Gasteiger partial charge in [0, 0.05) is 24.9 Å². The van der Waals surface area contributed by atoms with Crippen molar-refractivity contribution in [2.75, 3.05) is 31.7 Å². The first-order chi connectivity index (χ1) is 22.9. The highest BCUT2D eigenvalue weighted by atomic mass is 19.1. The number of halogens is 1. The van der Waals surface area contributed by atoms with Crippen molar-refractivity contribution in [1.29, 1.82) is 0 Å². The van der Waals surface area contributed by atoms with E-state index in [-0.39, 0.29) is 12.3 Å². The van der Waals surface area contributed by atoms with Crippen LogP contribution in [0.25, 0.3) is 0 Å². The highest BCUT2D eigenvalue weighted by molar-refractivity contribution is 5.81. The number of anilines is 1. The molecule has 0 saturated heterocycles. The Morgan fingerprint density at radius 1 is 0.723 bits per heavy atom. The summed E-state index contributed by atoms with van der Waals surface area (Å²) in [6.07, 6.45) is 5.80. The summed E-state index contributed by atoms with van der Waals surface area (Å²) in [6, 6.07) is 26.2. The molecule has 0 bridgehead atoms. The van der Waals surface area contributed by atoms with Gasteiger partial charge in [0.15, 0.2) is 5.82 Å². The summed E-state index contributed by atoms with van der Waals surface area (Å²) in [4.78, 5) is 13.1. The average molecular weight is 636 g/mol. The lowest BCUT2D eigenvalue weighted by molar-refractivity contribution is -0.137. The number of hydrogen-bond donors (Lipinski definition) is 0. The minimum absolute atomic E-state index is 0.0762. The van der Waals surface area contributed by atoms with Gasteiger partial charge in [-0.25, -0.2) is 9.18 Å². The van der Waals surface area contributed by atoms with Crippen LogP contribution in [0.4, 0.5) is 44.2 Å². The number of nitrogens with zero attached hydrogens (tertiary/aromatic N) is 7. The molecule has 47 heavy (non-hydrogen) atoms. The molecule has 0 amide bonds. The fourth-order valence-corrected chi connectivity index (χ4v) is 4.14. The maximum Gasteiger partial charge on any atom is 0.330 e. The van der Waals surface area contributed by atoms with Crippen LogP contribution in [0, 0.1) is 5.82 Å². The number of ether oxygens (including phenoxy) is 2. The van der Waals surface area contributed by atoms with E-state index in [0.29, 0.717) is 41.6 Å². The standard InChI is InChI=1S/C36H38FN7O3/c1-4-6-7-8-24-46-33-20-15-30(16-21-33)39-38-27-9-11-28(12-10-27)41-43-35-22-17-31(26-34(35)37)42-40-29-13-18-32(19-14-29)44(3)23-25-47-36(45)5-2/h5,9-22,26H,2,4,6-8,23-25H2,1,3H3. The number of esters is 1. The van der Waals surface area contributed by atoms with Gasteiger partial charge in [0.25, 0.3) is 0 Å². The molecular formula is C36H38FN7O3. The molecule has 0 heterocycles. The van der Waals surface area contributed by atoms with Gasteiger partial charge in [0.2, 0.25) is 0 Å². The molecule has 0 aliphatic rings. The number of rotatable bonds is 17. The highest BCUT2D eigenvalue weighted by Crippen LogP contribution is 2.28. The number of likely N-dealkylation sites (N-methyl/N-ethyl adjacent to an activating group) is 1. The zero-order valence-electron chi connectivity index (χ0n) is 26.6. The van der Waals surface area contributed by atoms with Crippen molar-refractivity contribution in [2.24, 2.45) is 30.7 Å². The monoisotopic (exact) mass is 635 g/mol. The summed E-state index contributed by atoms with van der Waals surface area (Å²) in [6.45, 7) is 7.04. The lowest BCUT2D eigenvalue weighted by atomic mass is 10.2. The van der Waals surface area contributed by atoms with Crippen LogP contribution < -0.4 is 9.64 Å². The van der Waals surface area contributed by atoms with Gasteiger partial charge in [0.1, 0.15) is 18.0 Å². The van der Waals surface area contributed by atoms with Crippen LogP contribution in [0.1, 0.15) is 32.6 Å². The summed E-state index contributed by atoms with van der Waals surface area (Å²) in [5.41, 5.74) is 3.84. The summed E-state index contributed by atoms with van der Waals surface area (Å²) < 4.78 is 25.5. The van der Waals surface area contributed by atoms with E-state index in [2.05, 4.69) is 44.2 Å². The first-order valence-electron chi connectivity index (χ1n) is 15.4. The summed E-state index contributed by atoms with van der Waals surface area (Å²) in [7, 11) is 1.88. The Bertz CT molecular complexity index is 1670. The van der Waals surface area contributed by atoms with Crippen molar-refractivity contribution < 1.29 is 18.7 Å². The van der Waals surface area contributed by atoms with Gasteiger partial charge in [0.05, 0.1) is 41.6 Å². The number of benzene rings is 4. The number of carbonyl (C=O) groups excluding carboxylic acids is 1. The molecule has 4 aromatic rings. The Morgan fingerprint density at radius 2 is 1.26 bits per heavy atom. The van der Waals surface area contributed by atoms with Crippen molar-refractivity contribution in [3.05, 3.63) is 109 Å². The Morgan fingerprint density at radius 3 is 1.83 bits per heavy atom. The van der Waals surface area contributed by atoms with Crippen molar-refractivity contribution in [3.8, 4) is 5.75 Å². The minimum Gasteiger partial charge on any atom is -0.494 e. The molecule has 0 aromatic heterocycles. The van der Waals surface area contributed by atoms with Crippen molar-refractivity contribution >= 4 is 45.8 Å². The third kappa shape index (κ3) is 11.7. The number of unbranched alkanes of at least 4 members (excludes halogenated alkanes) is 3. The van der Waals surface area contributed by atoms with Gasteiger partial charge in [-0.15, -0.1) is 5.11 Å². The molecule has 0 aliphatic heterocycles. The van der Waals surface area contributed by atoms with Crippen LogP contribution >= 0.6 is 0 Å².